The molecule has 0 saturated heterocycles. The monoisotopic (exact) mass is 214 g/mol. The fourth-order valence-electron chi connectivity index (χ4n) is 0.982. The second-order valence-corrected chi connectivity index (χ2v) is 3.39. The van der Waals surface area contributed by atoms with E-state index in [1.807, 2.05) is 13.8 Å². The third kappa shape index (κ3) is 5.05. The number of amides is 2. The summed E-state index contributed by atoms with van der Waals surface area (Å²) in [5, 5.41) is 5.05. The maximum Gasteiger partial charge on any atom is 0.328 e. The number of carbonyl (C=O) groups is 2. The molecule has 0 aliphatic heterocycles. The number of ether oxygens (including phenoxy) is 1. The molecule has 1 atom stereocenters. The van der Waals surface area contributed by atoms with Crippen molar-refractivity contribution >= 4 is 12.0 Å². The third-order valence-electron chi connectivity index (χ3n) is 1.82. The van der Waals surface area contributed by atoms with E-state index in [2.05, 4.69) is 21.9 Å². The molecule has 5 heteroatoms. The highest BCUT2D eigenvalue weighted by molar-refractivity contribution is 5.83. The van der Waals surface area contributed by atoms with Crippen LogP contribution in [0, 0.1) is 5.92 Å². The van der Waals surface area contributed by atoms with Crippen LogP contribution in [0.2, 0.25) is 0 Å². The normalized spacial score (nSPS) is 11.7. The Morgan fingerprint density at radius 2 is 2.07 bits per heavy atom. The number of esters is 1. The van der Waals surface area contributed by atoms with Gasteiger partial charge in [0, 0.05) is 6.54 Å². The van der Waals surface area contributed by atoms with Crippen LogP contribution in [0.1, 0.15) is 13.8 Å². The van der Waals surface area contributed by atoms with Crippen LogP contribution in [-0.4, -0.2) is 31.7 Å². The first-order chi connectivity index (χ1) is 7.02. The summed E-state index contributed by atoms with van der Waals surface area (Å²) in [6.07, 6.45) is 1.56. The lowest BCUT2D eigenvalue weighted by atomic mass is 10.1. The maximum absolute atomic E-state index is 11.3. The molecule has 0 radical (unpaired) electrons. The van der Waals surface area contributed by atoms with Crippen molar-refractivity contribution in [3.63, 3.8) is 0 Å². The number of hydrogen-bond acceptors (Lipinski definition) is 3. The Morgan fingerprint density at radius 1 is 1.47 bits per heavy atom. The van der Waals surface area contributed by atoms with Gasteiger partial charge in [0.25, 0.3) is 0 Å². The van der Waals surface area contributed by atoms with Gasteiger partial charge in [-0.05, 0) is 5.92 Å². The van der Waals surface area contributed by atoms with Gasteiger partial charge >= 0.3 is 12.0 Å². The predicted octanol–water partition coefficient (Wildman–Crippen LogP) is 0.669. The molecule has 0 rings (SSSR count). The summed E-state index contributed by atoms with van der Waals surface area (Å²) < 4.78 is 4.58. The van der Waals surface area contributed by atoms with Crippen LogP contribution >= 0.6 is 0 Å². The zero-order valence-electron chi connectivity index (χ0n) is 9.37. The van der Waals surface area contributed by atoms with E-state index in [4.69, 9.17) is 0 Å². The number of rotatable bonds is 5. The summed E-state index contributed by atoms with van der Waals surface area (Å²) >= 11 is 0. The molecule has 0 aliphatic rings. The minimum Gasteiger partial charge on any atom is -0.467 e. The zero-order valence-corrected chi connectivity index (χ0v) is 9.37. The molecular weight excluding hydrogens is 196 g/mol. The molecule has 15 heavy (non-hydrogen) atoms. The smallest absolute Gasteiger partial charge is 0.328 e. The van der Waals surface area contributed by atoms with Gasteiger partial charge in [-0.3, -0.25) is 0 Å². The fourth-order valence-corrected chi connectivity index (χ4v) is 0.982. The van der Waals surface area contributed by atoms with Crippen molar-refractivity contribution in [2.45, 2.75) is 19.9 Å². The summed E-state index contributed by atoms with van der Waals surface area (Å²) in [6, 6.07) is -1.03. The first-order valence-electron chi connectivity index (χ1n) is 4.76. The zero-order chi connectivity index (χ0) is 11.8. The van der Waals surface area contributed by atoms with Crippen LogP contribution in [0.3, 0.4) is 0 Å². The molecule has 1 unspecified atom stereocenters. The second kappa shape index (κ2) is 6.86. The van der Waals surface area contributed by atoms with Gasteiger partial charge in [0.05, 0.1) is 7.11 Å². The third-order valence-corrected chi connectivity index (χ3v) is 1.82. The van der Waals surface area contributed by atoms with Crippen LogP contribution < -0.4 is 10.6 Å². The van der Waals surface area contributed by atoms with Crippen LogP contribution in [0.15, 0.2) is 12.7 Å². The number of urea groups is 1. The van der Waals surface area contributed by atoms with Gasteiger partial charge in [-0.15, -0.1) is 6.58 Å². The Morgan fingerprint density at radius 3 is 2.47 bits per heavy atom. The molecule has 0 aliphatic carbocycles. The molecule has 0 aromatic carbocycles. The predicted molar refractivity (Wildman–Crippen MR) is 57.4 cm³/mol. The van der Waals surface area contributed by atoms with Crippen molar-refractivity contribution in [2.75, 3.05) is 13.7 Å². The Bertz CT molecular complexity index is 239. The van der Waals surface area contributed by atoms with Gasteiger partial charge in [-0.1, -0.05) is 19.9 Å². The van der Waals surface area contributed by atoms with E-state index in [0.29, 0.717) is 6.54 Å². The van der Waals surface area contributed by atoms with E-state index >= 15 is 0 Å². The average molecular weight is 214 g/mol. The summed E-state index contributed by atoms with van der Waals surface area (Å²) in [5.74, 6) is -0.467. The fraction of sp³-hybridized carbons (Fsp3) is 0.600. The van der Waals surface area contributed by atoms with Crippen molar-refractivity contribution in [1.82, 2.24) is 10.6 Å². The van der Waals surface area contributed by atoms with Gasteiger partial charge in [-0.2, -0.15) is 0 Å². The quantitative estimate of drug-likeness (QED) is 0.522. The van der Waals surface area contributed by atoms with E-state index in [1.54, 1.807) is 6.08 Å². The summed E-state index contributed by atoms with van der Waals surface area (Å²) in [6.45, 7) is 7.48. The Hall–Kier alpha value is -1.52. The van der Waals surface area contributed by atoms with Crippen LogP contribution in [0.4, 0.5) is 4.79 Å². The molecular formula is C10H18N2O3. The highest BCUT2D eigenvalue weighted by Gasteiger charge is 2.24. The largest absolute Gasteiger partial charge is 0.467 e. The van der Waals surface area contributed by atoms with E-state index in [-0.39, 0.29) is 5.92 Å². The van der Waals surface area contributed by atoms with Gasteiger partial charge in [0.15, 0.2) is 0 Å². The van der Waals surface area contributed by atoms with Crippen molar-refractivity contribution < 1.29 is 14.3 Å². The molecule has 0 aromatic heterocycles. The standard InChI is InChI=1S/C10H18N2O3/c1-5-6-11-10(14)12-8(7(2)3)9(13)15-4/h5,7-8H,1,6H2,2-4H3,(H2,11,12,14). The molecule has 2 N–H and O–H groups in total. The molecule has 2 amide bonds. The number of carbonyl (C=O) groups excluding carboxylic acids is 2. The summed E-state index contributed by atoms with van der Waals surface area (Å²) in [5.41, 5.74) is 0. The number of methoxy groups -OCH3 is 1. The van der Waals surface area contributed by atoms with Gasteiger partial charge < -0.3 is 15.4 Å². The van der Waals surface area contributed by atoms with Crippen molar-refractivity contribution in [3.8, 4) is 0 Å². The van der Waals surface area contributed by atoms with Crippen molar-refractivity contribution in [1.29, 1.82) is 0 Å². The first kappa shape index (κ1) is 13.5. The maximum atomic E-state index is 11.3. The summed E-state index contributed by atoms with van der Waals surface area (Å²) in [7, 11) is 1.29. The van der Waals surface area contributed by atoms with Gasteiger partial charge in [0.2, 0.25) is 0 Å². The number of nitrogens with one attached hydrogen (secondary N) is 2. The Labute approximate surface area is 89.9 Å². The van der Waals surface area contributed by atoms with Gasteiger partial charge in [0.1, 0.15) is 6.04 Å². The van der Waals surface area contributed by atoms with Crippen molar-refractivity contribution in [2.24, 2.45) is 5.92 Å². The lowest BCUT2D eigenvalue weighted by Crippen LogP contribution is -2.49. The van der Waals surface area contributed by atoms with Crippen LogP contribution in [-0.2, 0) is 9.53 Å². The lowest BCUT2D eigenvalue weighted by molar-refractivity contribution is -0.143. The molecule has 0 fully saturated rings. The van der Waals surface area contributed by atoms with Gasteiger partial charge in [-0.25, -0.2) is 9.59 Å². The minimum absolute atomic E-state index is 0.0214. The lowest BCUT2D eigenvalue weighted by Gasteiger charge is -2.19. The van der Waals surface area contributed by atoms with E-state index in [1.165, 1.54) is 7.11 Å². The van der Waals surface area contributed by atoms with Crippen molar-refractivity contribution in [3.05, 3.63) is 12.7 Å². The molecule has 0 aromatic rings. The molecule has 0 heterocycles. The summed E-state index contributed by atoms with van der Waals surface area (Å²) in [4.78, 5) is 22.5. The SMILES string of the molecule is C=CCNC(=O)NC(C(=O)OC)C(C)C. The highest BCUT2D eigenvalue weighted by atomic mass is 16.5. The molecule has 86 valence electrons. The van der Waals surface area contributed by atoms with E-state index in [0.717, 1.165) is 0 Å². The second-order valence-electron chi connectivity index (χ2n) is 3.39. The van der Waals surface area contributed by atoms with Crippen LogP contribution in [0.25, 0.3) is 0 Å². The first-order valence-corrected chi connectivity index (χ1v) is 4.76. The molecule has 0 saturated carbocycles. The topological polar surface area (TPSA) is 67.4 Å². The Kier molecular flexibility index (Phi) is 6.17. The van der Waals surface area contributed by atoms with E-state index < -0.39 is 18.0 Å². The average Bonchev–Trinajstić information content (AvgIpc) is 2.21. The van der Waals surface area contributed by atoms with E-state index in [9.17, 15) is 9.59 Å². The Balaban J connectivity index is 4.22. The van der Waals surface area contributed by atoms with Crippen LogP contribution in [0.5, 0.6) is 0 Å². The molecule has 0 bridgehead atoms. The molecule has 0 spiro atoms. The number of hydrogen-bond donors (Lipinski definition) is 2. The minimum atomic E-state index is -0.625. The highest BCUT2D eigenvalue weighted by Crippen LogP contribution is 2.02. The molecule has 5 nitrogen and oxygen atoms in total.